The van der Waals surface area contributed by atoms with Crippen molar-refractivity contribution < 1.29 is 9.47 Å². The molecule has 4 aromatic rings. The van der Waals surface area contributed by atoms with Crippen molar-refractivity contribution in [2.24, 2.45) is 4.99 Å². The molecule has 5 rings (SSSR count). The molecule has 0 N–H and O–H groups in total. The summed E-state index contributed by atoms with van der Waals surface area (Å²) in [5.41, 5.74) is 5.72. The number of rotatable bonds is 6. The topological polar surface area (TPSA) is 34.1 Å². The highest BCUT2D eigenvalue weighted by atomic mass is 16.5. The van der Waals surface area contributed by atoms with Crippen molar-refractivity contribution in [2.75, 3.05) is 19.1 Å². The van der Waals surface area contributed by atoms with E-state index in [4.69, 9.17) is 14.5 Å². The van der Waals surface area contributed by atoms with E-state index in [9.17, 15) is 0 Å². The lowest BCUT2D eigenvalue weighted by Crippen LogP contribution is -2.46. The summed E-state index contributed by atoms with van der Waals surface area (Å²) in [6.07, 6.45) is 0.892. The van der Waals surface area contributed by atoms with Gasteiger partial charge in [-0.1, -0.05) is 54.6 Å². The fourth-order valence-electron chi connectivity index (χ4n) is 4.20. The van der Waals surface area contributed by atoms with Crippen LogP contribution in [0.5, 0.6) is 11.5 Å². The lowest BCUT2D eigenvalue weighted by molar-refractivity contribution is 0.414. The average Bonchev–Trinajstić information content (AvgIpc) is 2.87. The molecule has 0 amide bonds. The summed E-state index contributed by atoms with van der Waals surface area (Å²) < 4.78 is 10.6. The zero-order valence-electron chi connectivity index (χ0n) is 18.8. The quantitative estimate of drug-likeness (QED) is 0.326. The number of aliphatic imine (C=N–C) groups is 1. The molecule has 0 spiro atoms. The first-order chi connectivity index (χ1) is 16.2. The monoisotopic (exact) mass is 434 g/mol. The van der Waals surface area contributed by atoms with Crippen molar-refractivity contribution in [3.05, 3.63) is 109 Å². The Morgan fingerprint density at radius 1 is 0.667 bits per heavy atom. The van der Waals surface area contributed by atoms with Gasteiger partial charge in [-0.25, -0.2) is 4.99 Å². The third kappa shape index (κ3) is 4.33. The van der Waals surface area contributed by atoms with Gasteiger partial charge in [0.15, 0.2) is 0 Å². The number of benzene rings is 4. The van der Waals surface area contributed by atoms with E-state index >= 15 is 0 Å². The number of hydrogen-bond acceptors (Lipinski definition) is 3. The first-order valence-corrected chi connectivity index (χ1v) is 11.1. The van der Waals surface area contributed by atoms with Crippen molar-refractivity contribution in [1.82, 2.24) is 0 Å². The highest BCUT2D eigenvalue weighted by Gasteiger charge is 2.36. The van der Waals surface area contributed by atoms with E-state index < -0.39 is 0 Å². The van der Waals surface area contributed by atoms with E-state index in [1.54, 1.807) is 14.2 Å². The van der Waals surface area contributed by atoms with Crippen LogP contribution in [0.2, 0.25) is 0 Å². The van der Waals surface area contributed by atoms with Gasteiger partial charge in [-0.05, 0) is 65.2 Å². The maximum absolute atomic E-state index is 5.35. The van der Waals surface area contributed by atoms with Crippen LogP contribution in [0.25, 0.3) is 11.1 Å². The van der Waals surface area contributed by atoms with Gasteiger partial charge in [0.1, 0.15) is 17.3 Å². The first kappa shape index (κ1) is 20.8. The average molecular weight is 435 g/mol. The predicted molar refractivity (Wildman–Crippen MR) is 135 cm³/mol. The molecule has 1 atom stereocenters. The summed E-state index contributed by atoms with van der Waals surface area (Å²) in [5.74, 6) is 2.78. The van der Waals surface area contributed by atoms with Gasteiger partial charge in [0.05, 0.1) is 25.9 Å². The largest absolute Gasteiger partial charge is 0.497 e. The van der Waals surface area contributed by atoms with Gasteiger partial charge < -0.3 is 14.4 Å². The van der Waals surface area contributed by atoms with Crippen LogP contribution >= 0.6 is 0 Å². The molecule has 1 heterocycles. The van der Waals surface area contributed by atoms with Crippen LogP contribution in [0.4, 0.5) is 11.4 Å². The smallest absolute Gasteiger partial charge is 0.119 e. The van der Waals surface area contributed by atoms with Crippen LogP contribution in [0.1, 0.15) is 18.0 Å². The number of anilines is 1. The van der Waals surface area contributed by atoms with E-state index in [0.717, 1.165) is 35.1 Å². The SMILES string of the molecule is COc1ccc(-c2ccc(C3C/C(=N\c4ccccc4)N3c3ccc(OC)cc3)cc2)cc1. The molecule has 1 fully saturated rings. The van der Waals surface area contributed by atoms with Gasteiger partial charge in [-0.2, -0.15) is 0 Å². The third-order valence-corrected chi connectivity index (χ3v) is 6.05. The zero-order chi connectivity index (χ0) is 22.6. The van der Waals surface area contributed by atoms with Crippen LogP contribution in [-0.2, 0) is 0 Å². The van der Waals surface area contributed by atoms with Crippen LogP contribution in [0.15, 0.2) is 108 Å². The molecule has 164 valence electrons. The van der Waals surface area contributed by atoms with Gasteiger partial charge in [-0.15, -0.1) is 0 Å². The van der Waals surface area contributed by atoms with E-state index in [1.165, 1.54) is 16.7 Å². The molecule has 0 radical (unpaired) electrons. The predicted octanol–water partition coefficient (Wildman–Crippen LogP) is 7.05. The highest BCUT2D eigenvalue weighted by molar-refractivity contribution is 6.06. The molecular weight excluding hydrogens is 408 g/mol. The molecule has 0 bridgehead atoms. The number of ether oxygens (including phenoxy) is 2. The summed E-state index contributed by atoms with van der Waals surface area (Å²) >= 11 is 0. The minimum Gasteiger partial charge on any atom is -0.497 e. The van der Waals surface area contributed by atoms with Crippen LogP contribution < -0.4 is 14.4 Å². The third-order valence-electron chi connectivity index (χ3n) is 6.05. The minimum atomic E-state index is 0.241. The zero-order valence-corrected chi connectivity index (χ0v) is 18.8. The Balaban J connectivity index is 1.43. The van der Waals surface area contributed by atoms with Gasteiger partial charge in [0.25, 0.3) is 0 Å². The maximum Gasteiger partial charge on any atom is 0.119 e. The number of para-hydroxylation sites is 1. The molecule has 4 nitrogen and oxygen atoms in total. The molecule has 4 heteroatoms. The standard InChI is InChI=1S/C29H26N2O2/c1-32-26-16-12-22(13-17-26)21-8-10-23(11-9-21)28-20-29(30-24-6-4-3-5-7-24)31(28)25-14-18-27(33-2)19-15-25/h3-19,28H,20H2,1-2H3/b30-29+. The van der Waals surface area contributed by atoms with Crippen molar-refractivity contribution in [1.29, 1.82) is 0 Å². The Morgan fingerprint density at radius 3 is 1.79 bits per heavy atom. The van der Waals surface area contributed by atoms with E-state index in [2.05, 4.69) is 53.4 Å². The van der Waals surface area contributed by atoms with Crippen molar-refractivity contribution in [3.8, 4) is 22.6 Å². The maximum atomic E-state index is 5.35. The fraction of sp³-hybridized carbons (Fsp3) is 0.138. The van der Waals surface area contributed by atoms with E-state index in [-0.39, 0.29) is 6.04 Å². The van der Waals surface area contributed by atoms with Crippen LogP contribution in [0.3, 0.4) is 0 Å². The van der Waals surface area contributed by atoms with Crippen LogP contribution in [-0.4, -0.2) is 20.1 Å². The van der Waals surface area contributed by atoms with Gasteiger partial charge in [0.2, 0.25) is 0 Å². The molecule has 4 aromatic carbocycles. The lowest BCUT2D eigenvalue weighted by Gasteiger charge is -2.44. The lowest BCUT2D eigenvalue weighted by atomic mass is 9.91. The van der Waals surface area contributed by atoms with Gasteiger partial charge in [0, 0.05) is 12.1 Å². The number of nitrogens with zero attached hydrogens (tertiary/aromatic N) is 2. The Morgan fingerprint density at radius 2 is 1.21 bits per heavy atom. The summed E-state index contributed by atoms with van der Waals surface area (Å²) in [7, 11) is 3.38. The van der Waals surface area contributed by atoms with Crippen molar-refractivity contribution in [3.63, 3.8) is 0 Å². The molecule has 33 heavy (non-hydrogen) atoms. The van der Waals surface area contributed by atoms with E-state index in [1.807, 2.05) is 54.6 Å². The summed E-state index contributed by atoms with van der Waals surface area (Å²) in [4.78, 5) is 7.24. The Bertz CT molecular complexity index is 1230. The van der Waals surface area contributed by atoms with Gasteiger partial charge >= 0.3 is 0 Å². The molecular formula is C29H26N2O2. The highest BCUT2D eigenvalue weighted by Crippen LogP contribution is 2.41. The first-order valence-electron chi connectivity index (χ1n) is 11.1. The van der Waals surface area contributed by atoms with Crippen LogP contribution in [0, 0.1) is 0 Å². The Kier molecular flexibility index (Phi) is 5.81. The minimum absolute atomic E-state index is 0.241. The number of amidine groups is 1. The summed E-state index contributed by atoms with van der Waals surface area (Å²) in [6, 6.07) is 35.5. The Labute approximate surface area is 194 Å². The molecule has 1 aliphatic heterocycles. The number of hydrogen-bond donors (Lipinski definition) is 0. The second-order valence-electron chi connectivity index (χ2n) is 8.00. The second-order valence-corrected chi connectivity index (χ2v) is 8.00. The molecule has 1 unspecified atom stereocenters. The molecule has 0 aromatic heterocycles. The van der Waals surface area contributed by atoms with Crippen molar-refractivity contribution in [2.45, 2.75) is 12.5 Å². The Hall–Kier alpha value is -4.05. The molecule has 0 aliphatic carbocycles. The summed E-state index contributed by atoms with van der Waals surface area (Å²) in [5, 5.41) is 0. The second kappa shape index (κ2) is 9.21. The fourth-order valence-corrected chi connectivity index (χ4v) is 4.20. The summed E-state index contributed by atoms with van der Waals surface area (Å²) in [6.45, 7) is 0. The van der Waals surface area contributed by atoms with E-state index in [0.29, 0.717) is 0 Å². The normalized spacial score (nSPS) is 16.4. The molecule has 1 aliphatic rings. The molecule has 1 saturated heterocycles. The molecule has 0 saturated carbocycles. The number of methoxy groups -OCH3 is 2. The van der Waals surface area contributed by atoms with Gasteiger partial charge in [-0.3, -0.25) is 0 Å². The van der Waals surface area contributed by atoms with Crippen molar-refractivity contribution >= 4 is 17.2 Å².